The number of rotatable bonds is 0. The normalized spacial score (nSPS) is 15.9. The number of thiol groups is 2. The molecule has 0 radical (unpaired) electrons. The highest BCUT2D eigenvalue weighted by molar-refractivity contribution is 8.00. The molecule has 2 aromatic rings. The van der Waals surface area contributed by atoms with Crippen molar-refractivity contribution in [3.05, 3.63) is 59.7 Å². The molecule has 0 spiro atoms. The Morgan fingerprint density at radius 2 is 1.19 bits per heavy atom. The summed E-state index contributed by atoms with van der Waals surface area (Å²) in [7, 11) is 0. The molecule has 0 aromatic heterocycles. The molecule has 0 atom stereocenters. The van der Waals surface area contributed by atoms with Crippen LogP contribution in [-0.4, -0.2) is 0 Å². The van der Waals surface area contributed by atoms with E-state index in [4.69, 9.17) is 4.74 Å². The smallest absolute Gasteiger partial charge is 0.133 e. The fourth-order valence-corrected chi connectivity index (χ4v) is 2.69. The SMILES string of the molecule is SC1(S)c2ccccc2Oc2ccccc21. The third-order valence-corrected chi connectivity index (χ3v) is 3.71. The number of ether oxygens (including phenoxy) is 1. The van der Waals surface area contributed by atoms with Crippen LogP contribution in [0.15, 0.2) is 48.5 Å². The van der Waals surface area contributed by atoms with Crippen LogP contribution in [-0.2, 0) is 4.08 Å². The molecule has 0 N–H and O–H groups in total. The predicted molar refractivity (Wildman–Crippen MR) is 71.7 cm³/mol. The van der Waals surface area contributed by atoms with Gasteiger partial charge in [-0.05, 0) is 12.1 Å². The summed E-state index contributed by atoms with van der Waals surface area (Å²) < 4.78 is 5.22. The minimum absolute atomic E-state index is 0.592. The van der Waals surface area contributed by atoms with E-state index in [0.29, 0.717) is 0 Å². The van der Waals surface area contributed by atoms with E-state index in [2.05, 4.69) is 25.3 Å². The molecule has 3 rings (SSSR count). The van der Waals surface area contributed by atoms with Crippen LogP contribution in [0.4, 0.5) is 0 Å². The number of fused-ring (bicyclic) bond motifs is 2. The second-order valence-corrected chi connectivity index (χ2v) is 5.46. The zero-order chi connectivity index (χ0) is 11.2. The molecule has 0 unspecified atom stereocenters. The summed E-state index contributed by atoms with van der Waals surface area (Å²) in [6.45, 7) is 0. The van der Waals surface area contributed by atoms with Gasteiger partial charge in [0.15, 0.2) is 0 Å². The van der Waals surface area contributed by atoms with Crippen molar-refractivity contribution >= 4 is 25.3 Å². The lowest BCUT2D eigenvalue weighted by molar-refractivity contribution is 0.456. The third-order valence-electron chi connectivity index (χ3n) is 2.75. The lowest BCUT2D eigenvalue weighted by Gasteiger charge is -2.32. The maximum absolute atomic E-state index is 5.82. The fourth-order valence-electron chi connectivity index (χ4n) is 1.95. The highest BCUT2D eigenvalue weighted by Crippen LogP contribution is 2.52. The number of hydrogen-bond acceptors (Lipinski definition) is 3. The highest BCUT2D eigenvalue weighted by Gasteiger charge is 2.35. The van der Waals surface area contributed by atoms with Crippen molar-refractivity contribution in [3.63, 3.8) is 0 Å². The van der Waals surface area contributed by atoms with Gasteiger partial charge < -0.3 is 4.74 Å². The maximum atomic E-state index is 5.82. The van der Waals surface area contributed by atoms with Gasteiger partial charge in [0, 0.05) is 11.1 Å². The van der Waals surface area contributed by atoms with Crippen LogP contribution in [0.2, 0.25) is 0 Å². The van der Waals surface area contributed by atoms with Crippen molar-refractivity contribution in [1.29, 1.82) is 0 Å². The van der Waals surface area contributed by atoms with Gasteiger partial charge in [0.1, 0.15) is 15.6 Å². The van der Waals surface area contributed by atoms with Gasteiger partial charge in [-0.25, -0.2) is 0 Å². The summed E-state index contributed by atoms with van der Waals surface area (Å²) >= 11 is 9.32. The van der Waals surface area contributed by atoms with E-state index in [9.17, 15) is 0 Å². The Bertz CT molecular complexity index is 502. The zero-order valence-corrected chi connectivity index (χ0v) is 10.2. The second kappa shape index (κ2) is 3.47. The molecule has 0 fully saturated rings. The molecule has 1 aliphatic heterocycles. The van der Waals surface area contributed by atoms with Gasteiger partial charge in [-0.15, -0.1) is 0 Å². The van der Waals surface area contributed by atoms with Gasteiger partial charge >= 0.3 is 0 Å². The molecular formula is C13H10OS2. The summed E-state index contributed by atoms with van der Waals surface area (Å²) in [5, 5.41) is 0. The van der Waals surface area contributed by atoms with Crippen LogP contribution in [0.5, 0.6) is 11.5 Å². The molecule has 3 heteroatoms. The van der Waals surface area contributed by atoms with Crippen LogP contribution in [0.3, 0.4) is 0 Å². The zero-order valence-electron chi connectivity index (χ0n) is 8.42. The van der Waals surface area contributed by atoms with Crippen molar-refractivity contribution in [2.75, 3.05) is 0 Å². The largest absolute Gasteiger partial charge is 0.457 e. The topological polar surface area (TPSA) is 9.23 Å². The Labute approximate surface area is 105 Å². The molecule has 80 valence electrons. The lowest BCUT2D eigenvalue weighted by atomic mass is 9.99. The third kappa shape index (κ3) is 1.35. The first-order valence-corrected chi connectivity index (χ1v) is 5.90. The van der Waals surface area contributed by atoms with E-state index < -0.39 is 4.08 Å². The summed E-state index contributed by atoms with van der Waals surface area (Å²) in [6, 6.07) is 15.7. The van der Waals surface area contributed by atoms with Crippen molar-refractivity contribution < 1.29 is 4.74 Å². The van der Waals surface area contributed by atoms with Gasteiger partial charge in [-0.2, -0.15) is 25.3 Å². The fraction of sp³-hybridized carbons (Fsp3) is 0.0769. The van der Waals surface area contributed by atoms with Gasteiger partial charge in [0.05, 0.1) is 0 Å². The average molecular weight is 246 g/mol. The summed E-state index contributed by atoms with van der Waals surface area (Å²) in [5.41, 5.74) is 1.97. The van der Waals surface area contributed by atoms with Gasteiger partial charge in [-0.3, -0.25) is 0 Å². The molecule has 0 aliphatic carbocycles. The molecule has 16 heavy (non-hydrogen) atoms. The molecular weight excluding hydrogens is 236 g/mol. The number of hydrogen-bond donors (Lipinski definition) is 2. The molecule has 0 saturated carbocycles. The molecule has 0 amide bonds. The first-order chi connectivity index (χ1) is 7.69. The van der Waals surface area contributed by atoms with Crippen LogP contribution in [0.25, 0.3) is 0 Å². The molecule has 1 aliphatic rings. The van der Waals surface area contributed by atoms with Crippen molar-refractivity contribution in [2.45, 2.75) is 4.08 Å². The Balaban J connectivity index is 2.28. The van der Waals surface area contributed by atoms with Crippen LogP contribution in [0, 0.1) is 0 Å². The average Bonchev–Trinajstić information content (AvgIpc) is 2.29. The minimum atomic E-state index is -0.592. The summed E-state index contributed by atoms with van der Waals surface area (Å²) in [4.78, 5) is 0. The van der Waals surface area contributed by atoms with Crippen LogP contribution >= 0.6 is 25.3 Å². The number of para-hydroxylation sites is 2. The van der Waals surface area contributed by atoms with E-state index in [1.165, 1.54) is 0 Å². The Morgan fingerprint density at radius 3 is 1.69 bits per heavy atom. The Morgan fingerprint density at radius 1 is 0.750 bits per heavy atom. The quantitative estimate of drug-likeness (QED) is 0.530. The lowest BCUT2D eigenvalue weighted by Crippen LogP contribution is -2.19. The van der Waals surface area contributed by atoms with Crippen molar-refractivity contribution in [2.24, 2.45) is 0 Å². The van der Waals surface area contributed by atoms with Gasteiger partial charge in [-0.1, -0.05) is 36.4 Å². The predicted octanol–water partition coefficient (Wildman–Crippen LogP) is 3.85. The van der Waals surface area contributed by atoms with Crippen molar-refractivity contribution in [3.8, 4) is 11.5 Å². The van der Waals surface area contributed by atoms with E-state index >= 15 is 0 Å². The molecule has 0 saturated heterocycles. The first kappa shape index (κ1) is 10.1. The minimum Gasteiger partial charge on any atom is -0.457 e. The molecule has 2 aromatic carbocycles. The summed E-state index contributed by atoms with van der Waals surface area (Å²) in [6.07, 6.45) is 0. The molecule has 0 bridgehead atoms. The van der Waals surface area contributed by atoms with E-state index in [0.717, 1.165) is 22.6 Å². The standard InChI is InChI=1S/C13H10OS2/c15-13(16)9-5-1-3-7-11(9)14-12-8-4-2-6-10(12)13/h1-8,15-16H. The van der Waals surface area contributed by atoms with Crippen LogP contribution in [0.1, 0.15) is 11.1 Å². The number of benzene rings is 2. The van der Waals surface area contributed by atoms with E-state index in [1.807, 2.05) is 48.5 Å². The first-order valence-electron chi connectivity index (χ1n) is 5.01. The van der Waals surface area contributed by atoms with Crippen LogP contribution < -0.4 is 4.74 Å². The van der Waals surface area contributed by atoms with Gasteiger partial charge in [0.25, 0.3) is 0 Å². The van der Waals surface area contributed by atoms with E-state index in [-0.39, 0.29) is 0 Å². The molecule has 1 heterocycles. The summed E-state index contributed by atoms with van der Waals surface area (Å²) in [5.74, 6) is 1.65. The highest BCUT2D eigenvalue weighted by atomic mass is 32.2. The van der Waals surface area contributed by atoms with Gasteiger partial charge in [0.2, 0.25) is 0 Å². The second-order valence-electron chi connectivity index (χ2n) is 3.77. The maximum Gasteiger partial charge on any atom is 0.133 e. The Kier molecular flexibility index (Phi) is 2.19. The van der Waals surface area contributed by atoms with E-state index in [1.54, 1.807) is 0 Å². The Hall–Kier alpha value is -1.06. The molecule has 1 nitrogen and oxygen atoms in total. The monoisotopic (exact) mass is 246 g/mol. The van der Waals surface area contributed by atoms with Crippen molar-refractivity contribution in [1.82, 2.24) is 0 Å².